The molecule has 4 rings (SSSR count). The highest BCUT2D eigenvalue weighted by Gasteiger charge is 2.38. The van der Waals surface area contributed by atoms with Crippen molar-refractivity contribution in [2.75, 3.05) is 13.2 Å². The molecule has 44 heavy (non-hydrogen) atoms. The van der Waals surface area contributed by atoms with Crippen LogP contribution in [0.3, 0.4) is 0 Å². The Balaban J connectivity index is 1.47. The summed E-state index contributed by atoms with van der Waals surface area (Å²) in [6.45, 7) is 10.0. The number of carbonyl (C=O) groups is 2. The second-order valence-electron chi connectivity index (χ2n) is 12.3. The number of halogens is 3. The van der Waals surface area contributed by atoms with Crippen LogP contribution in [0.1, 0.15) is 91.8 Å². The molecule has 1 saturated heterocycles. The van der Waals surface area contributed by atoms with E-state index in [1.165, 1.54) is 17.4 Å². The number of thiazole rings is 1. The Morgan fingerprint density at radius 3 is 2.39 bits per heavy atom. The number of benzene rings is 2. The summed E-state index contributed by atoms with van der Waals surface area (Å²) >= 11 is 1.24. The van der Waals surface area contributed by atoms with E-state index in [1.54, 1.807) is 57.3 Å². The molecule has 1 aliphatic heterocycles. The number of aromatic nitrogens is 1. The number of alkyl carbamates (subject to hydrolysis) is 1. The zero-order valence-corrected chi connectivity index (χ0v) is 26.2. The number of hydrogen-bond acceptors (Lipinski definition) is 7. The summed E-state index contributed by atoms with van der Waals surface area (Å²) in [6.07, 6.45) is -4.63. The number of alkyl halides is 3. The Kier molecular flexibility index (Phi) is 10.1. The average molecular weight is 634 g/mol. The molecule has 1 fully saturated rings. The van der Waals surface area contributed by atoms with E-state index in [9.17, 15) is 27.9 Å². The van der Waals surface area contributed by atoms with Gasteiger partial charge < -0.3 is 25.2 Å². The maximum absolute atomic E-state index is 13.6. The van der Waals surface area contributed by atoms with Crippen LogP contribution in [0.2, 0.25) is 0 Å². The van der Waals surface area contributed by atoms with Gasteiger partial charge in [-0.2, -0.15) is 13.2 Å². The number of rotatable bonds is 8. The van der Waals surface area contributed by atoms with Crippen molar-refractivity contribution >= 4 is 23.3 Å². The van der Waals surface area contributed by atoms with E-state index in [1.807, 2.05) is 6.92 Å². The minimum Gasteiger partial charge on any atom is -0.444 e. The van der Waals surface area contributed by atoms with Gasteiger partial charge in [-0.3, -0.25) is 4.79 Å². The van der Waals surface area contributed by atoms with E-state index in [-0.39, 0.29) is 17.7 Å². The Labute approximate surface area is 259 Å². The minimum absolute atomic E-state index is 0.0339. The van der Waals surface area contributed by atoms with E-state index in [0.717, 1.165) is 17.7 Å². The Bertz CT molecular complexity index is 1460. The van der Waals surface area contributed by atoms with Crippen LogP contribution in [0.15, 0.2) is 47.8 Å². The normalized spacial score (nSPS) is 16.6. The van der Waals surface area contributed by atoms with Crippen molar-refractivity contribution < 1.29 is 37.3 Å². The molecular weight excluding hydrogens is 595 g/mol. The zero-order valence-electron chi connectivity index (χ0n) is 25.4. The number of carbonyl (C=O) groups excluding carboxylic acids is 2. The quantitative estimate of drug-likeness (QED) is 0.242. The SMILES string of the molecule is C[C@@H](NC(=O)c1csc(C(O)C2(C)CCOCC2)n1)c1ccc(-c2cc(C(F)(F)F)ccc2CNC(=O)OC(C)(C)C)cc1. The van der Waals surface area contributed by atoms with E-state index >= 15 is 0 Å². The van der Waals surface area contributed by atoms with E-state index in [0.29, 0.717) is 47.8 Å². The van der Waals surface area contributed by atoms with Crippen molar-refractivity contribution in [1.82, 2.24) is 15.6 Å². The van der Waals surface area contributed by atoms with E-state index < -0.39 is 41.5 Å². The molecule has 2 heterocycles. The maximum atomic E-state index is 13.6. The number of hydrogen-bond donors (Lipinski definition) is 3. The van der Waals surface area contributed by atoms with Crippen molar-refractivity contribution in [3.63, 3.8) is 0 Å². The van der Waals surface area contributed by atoms with Crippen LogP contribution in [0.25, 0.3) is 11.1 Å². The molecule has 3 N–H and O–H groups in total. The molecule has 0 aliphatic carbocycles. The lowest BCUT2D eigenvalue weighted by Crippen LogP contribution is -2.33. The number of amides is 2. The van der Waals surface area contributed by atoms with Gasteiger partial charge in [0.25, 0.3) is 5.91 Å². The fourth-order valence-corrected chi connectivity index (χ4v) is 5.85. The molecule has 1 aromatic heterocycles. The van der Waals surface area contributed by atoms with Gasteiger partial charge in [0.15, 0.2) is 0 Å². The summed E-state index contributed by atoms with van der Waals surface area (Å²) in [7, 11) is 0. The smallest absolute Gasteiger partial charge is 0.416 e. The van der Waals surface area contributed by atoms with Crippen LogP contribution >= 0.6 is 11.3 Å². The fraction of sp³-hybridized carbons (Fsp3) is 0.469. The zero-order chi connectivity index (χ0) is 32.3. The molecule has 0 saturated carbocycles. The first-order valence-electron chi connectivity index (χ1n) is 14.4. The summed E-state index contributed by atoms with van der Waals surface area (Å²) in [5.41, 5.74) is 0.337. The van der Waals surface area contributed by atoms with Crippen LogP contribution in [-0.4, -0.2) is 40.9 Å². The molecule has 1 unspecified atom stereocenters. The second-order valence-corrected chi connectivity index (χ2v) is 13.2. The third-order valence-corrected chi connectivity index (χ3v) is 8.51. The lowest BCUT2D eigenvalue weighted by Gasteiger charge is -2.36. The van der Waals surface area contributed by atoms with Gasteiger partial charge in [0.1, 0.15) is 22.4 Å². The molecule has 12 heteroatoms. The van der Waals surface area contributed by atoms with Gasteiger partial charge in [0, 0.05) is 30.6 Å². The molecule has 2 amide bonds. The Morgan fingerprint density at radius 2 is 1.77 bits per heavy atom. The second kappa shape index (κ2) is 13.3. The number of nitrogens with zero attached hydrogens (tertiary/aromatic N) is 1. The average Bonchev–Trinajstić information content (AvgIpc) is 3.45. The molecule has 2 aromatic carbocycles. The molecule has 0 bridgehead atoms. The topological polar surface area (TPSA) is 110 Å². The van der Waals surface area contributed by atoms with Gasteiger partial charge in [0.2, 0.25) is 0 Å². The van der Waals surface area contributed by atoms with Crippen molar-refractivity contribution in [3.05, 3.63) is 75.2 Å². The van der Waals surface area contributed by atoms with Gasteiger partial charge in [-0.25, -0.2) is 9.78 Å². The molecule has 8 nitrogen and oxygen atoms in total. The highest BCUT2D eigenvalue weighted by Crippen LogP contribution is 2.43. The van der Waals surface area contributed by atoms with E-state index in [4.69, 9.17) is 9.47 Å². The number of nitrogens with one attached hydrogen (secondary N) is 2. The summed E-state index contributed by atoms with van der Waals surface area (Å²) in [6, 6.07) is 9.76. The van der Waals surface area contributed by atoms with Crippen molar-refractivity contribution in [2.45, 2.75) is 77.9 Å². The molecule has 238 valence electrons. The Morgan fingerprint density at radius 1 is 1.11 bits per heavy atom. The summed E-state index contributed by atoms with van der Waals surface area (Å²) in [5.74, 6) is -0.401. The Hall–Kier alpha value is -3.48. The van der Waals surface area contributed by atoms with Crippen LogP contribution in [0.5, 0.6) is 0 Å². The lowest BCUT2D eigenvalue weighted by molar-refractivity contribution is -0.137. The minimum atomic E-state index is -4.54. The van der Waals surface area contributed by atoms with Crippen molar-refractivity contribution in [3.8, 4) is 11.1 Å². The third kappa shape index (κ3) is 8.36. The number of ether oxygens (including phenoxy) is 2. The number of aliphatic hydroxyl groups is 1. The standard InChI is InChI=1S/C32H38F3N3O5S/c1-19(37-27(40)25-18-44-28(38-25)26(39)31(5)12-14-42-15-13-31)20-6-8-21(9-7-20)24-16-23(32(33,34)35)11-10-22(24)17-36-29(41)43-30(2,3)4/h6-11,16,18-19,26,39H,12-15,17H2,1-5H3,(H,36,41)(H,37,40)/t19-,26?/m1/s1. The summed E-state index contributed by atoms with van der Waals surface area (Å²) in [5, 5.41) is 18.5. The third-order valence-electron chi connectivity index (χ3n) is 7.61. The van der Waals surface area contributed by atoms with Crippen LogP contribution in [-0.2, 0) is 22.2 Å². The molecule has 0 spiro atoms. The van der Waals surface area contributed by atoms with Crippen LogP contribution in [0, 0.1) is 5.41 Å². The van der Waals surface area contributed by atoms with Crippen LogP contribution < -0.4 is 10.6 Å². The summed E-state index contributed by atoms with van der Waals surface area (Å²) in [4.78, 5) is 29.6. The largest absolute Gasteiger partial charge is 0.444 e. The van der Waals surface area contributed by atoms with Crippen molar-refractivity contribution in [2.24, 2.45) is 5.41 Å². The van der Waals surface area contributed by atoms with Gasteiger partial charge in [-0.15, -0.1) is 11.3 Å². The monoisotopic (exact) mass is 633 g/mol. The molecule has 1 aliphatic rings. The summed E-state index contributed by atoms with van der Waals surface area (Å²) < 4.78 is 51.3. The first kappa shape index (κ1) is 33.4. The fourth-order valence-electron chi connectivity index (χ4n) is 4.89. The van der Waals surface area contributed by atoms with Crippen LogP contribution in [0.4, 0.5) is 18.0 Å². The van der Waals surface area contributed by atoms with E-state index in [2.05, 4.69) is 15.6 Å². The number of aliphatic hydroxyl groups excluding tert-OH is 1. The predicted octanol–water partition coefficient (Wildman–Crippen LogP) is 7.19. The molecule has 0 radical (unpaired) electrons. The predicted molar refractivity (Wildman–Crippen MR) is 161 cm³/mol. The van der Waals surface area contributed by atoms with Gasteiger partial charge >= 0.3 is 12.3 Å². The maximum Gasteiger partial charge on any atom is 0.416 e. The molecule has 3 aromatic rings. The van der Waals surface area contributed by atoms with Crippen molar-refractivity contribution in [1.29, 1.82) is 0 Å². The first-order valence-corrected chi connectivity index (χ1v) is 15.2. The molecular formula is C32H38F3N3O5S. The molecule has 2 atom stereocenters. The highest BCUT2D eigenvalue weighted by molar-refractivity contribution is 7.09. The highest BCUT2D eigenvalue weighted by atomic mass is 32.1. The van der Waals surface area contributed by atoms with Gasteiger partial charge in [-0.05, 0) is 74.9 Å². The first-order chi connectivity index (χ1) is 20.6. The lowest BCUT2D eigenvalue weighted by atomic mass is 9.77. The van der Waals surface area contributed by atoms with Gasteiger partial charge in [-0.1, -0.05) is 37.3 Å². The van der Waals surface area contributed by atoms with Gasteiger partial charge in [0.05, 0.1) is 11.6 Å².